The first-order chi connectivity index (χ1) is 11.1. The monoisotopic (exact) mass is 311 g/mol. The molecule has 0 saturated heterocycles. The molecule has 1 amide bonds. The fourth-order valence-corrected chi connectivity index (χ4v) is 2.58. The van der Waals surface area contributed by atoms with E-state index in [9.17, 15) is 9.18 Å². The largest absolute Gasteiger partial charge is 0.352 e. The zero-order valence-electron chi connectivity index (χ0n) is 13.1. The summed E-state index contributed by atoms with van der Waals surface area (Å²) in [4.78, 5) is 17.0. The van der Waals surface area contributed by atoms with Crippen LogP contribution in [0.15, 0.2) is 42.6 Å². The molecule has 5 heteroatoms. The lowest BCUT2D eigenvalue weighted by molar-refractivity contribution is 0.0955. The number of nitrogens with zero attached hydrogens (tertiary/aromatic N) is 2. The van der Waals surface area contributed by atoms with Crippen LogP contribution in [0, 0.1) is 5.82 Å². The lowest BCUT2D eigenvalue weighted by Crippen LogP contribution is -2.24. The van der Waals surface area contributed by atoms with E-state index in [0.717, 1.165) is 12.1 Å². The van der Waals surface area contributed by atoms with Gasteiger partial charge in [-0.3, -0.25) is 4.79 Å². The van der Waals surface area contributed by atoms with E-state index in [2.05, 4.69) is 10.3 Å². The first-order valence-corrected chi connectivity index (χ1v) is 7.60. The van der Waals surface area contributed by atoms with Crippen molar-refractivity contribution in [2.75, 3.05) is 6.54 Å². The minimum atomic E-state index is -0.379. The molecule has 1 aromatic carbocycles. The molecule has 2 heterocycles. The maximum atomic E-state index is 13.6. The predicted octanol–water partition coefficient (Wildman–Crippen LogP) is 3.52. The molecule has 0 saturated carbocycles. The smallest absolute Gasteiger partial charge is 0.252 e. The van der Waals surface area contributed by atoms with Gasteiger partial charge in [-0.1, -0.05) is 6.92 Å². The second-order valence-electron chi connectivity index (χ2n) is 5.48. The third-order valence-corrected chi connectivity index (χ3v) is 3.76. The summed E-state index contributed by atoms with van der Waals surface area (Å²) < 4.78 is 15.5. The average molecular weight is 311 g/mol. The van der Waals surface area contributed by atoms with E-state index in [1.165, 1.54) is 12.1 Å². The maximum Gasteiger partial charge on any atom is 0.252 e. The zero-order valence-corrected chi connectivity index (χ0v) is 13.1. The molecule has 0 bridgehead atoms. The number of fused-ring (bicyclic) bond motifs is 1. The lowest BCUT2D eigenvalue weighted by Gasteiger charge is -2.11. The van der Waals surface area contributed by atoms with E-state index in [1.807, 2.05) is 36.9 Å². The number of hydrogen-bond acceptors (Lipinski definition) is 2. The molecule has 3 aromatic rings. The molecule has 0 aliphatic rings. The van der Waals surface area contributed by atoms with Crippen molar-refractivity contribution in [3.63, 3.8) is 0 Å². The Bertz CT molecular complexity index is 870. The van der Waals surface area contributed by atoms with Crippen molar-refractivity contribution in [3.8, 4) is 11.4 Å². The van der Waals surface area contributed by atoms with Crippen molar-refractivity contribution in [3.05, 3.63) is 54.0 Å². The summed E-state index contributed by atoms with van der Waals surface area (Å²) in [5.41, 5.74) is 2.64. The van der Waals surface area contributed by atoms with Gasteiger partial charge in [0.2, 0.25) is 0 Å². The summed E-state index contributed by atoms with van der Waals surface area (Å²) in [6.07, 6.45) is 2.76. The first kappa shape index (κ1) is 15.2. The number of aromatic nitrogens is 2. The number of pyridine rings is 1. The Hall–Kier alpha value is -2.69. The number of halogens is 1. The highest BCUT2D eigenvalue weighted by Crippen LogP contribution is 2.25. The number of aryl methyl sites for hydroxylation is 1. The molecule has 0 aliphatic heterocycles. The van der Waals surface area contributed by atoms with Crippen LogP contribution in [-0.4, -0.2) is 22.0 Å². The number of benzene rings is 1. The number of hydrogen-bond donors (Lipinski definition) is 1. The van der Waals surface area contributed by atoms with E-state index in [-0.39, 0.29) is 11.7 Å². The highest BCUT2D eigenvalue weighted by Gasteiger charge is 2.15. The Morgan fingerprint density at radius 2 is 2.13 bits per heavy atom. The molecule has 1 N–H and O–H groups in total. The molecule has 118 valence electrons. The lowest BCUT2D eigenvalue weighted by atomic mass is 10.1. The highest BCUT2D eigenvalue weighted by molar-refractivity contribution is 6.07. The highest BCUT2D eigenvalue weighted by atomic mass is 19.1. The quantitative estimate of drug-likeness (QED) is 0.801. The van der Waals surface area contributed by atoms with Crippen molar-refractivity contribution in [1.29, 1.82) is 0 Å². The van der Waals surface area contributed by atoms with E-state index in [0.29, 0.717) is 28.7 Å². The predicted molar refractivity (Wildman–Crippen MR) is 88.7 cm³/mol. The molecule has 0 radical (unpaired) electrons. The number of amides is 1. The number of carbonyl (C=O) groups excluding carboxylic acids is 1. The van der Waals surface area contributed by atoms with Gasteiger partial charge in [-0.15, -0.1) is 0 Å². The van der Waals surface area contributed by atoms with Gasteiger partial charge in [-0.25, -0.2) is 9.37 Å². The van der Waals surface area contributed by atoms with Crippen molar-refractivity contribution in [1.82, 2.24) is 14.9 Å². The number of carbonyl (C=O) groups is 1. The second-order valence-corrected chi connectivity index (χ2v) is 5.48. The first-order valence-electron chi connectivity index (χ1n) is 7.60. The van der Waals surface area contributed by atoms with Gasteiger partial charge in [0.05, 0.1) is 22.5 Å². The van der Waals surface area contributed by atoms with E-state index >= 15 is 0 Å². The molecule has 0 fully saturated rings. The molecule has 3 rings (SSSR count). The van der Waals surface area contributed by atoms with Crippen LogP contribution in [0.1, 0.15) is 23.7 Å². The van der Waals surface area contributed by atoms with Gasteiger partial charge in [0.25, 0.3) is 5.91 Å². The Labute approximate surface area is 134 Å². The molecule has 4 nitrogen and oxygen atoms in total. The molecule has 0 spiro atoms. The topological polar surface area (TPSA) is 46.9 Å². The summed E-state index contributed by atoms with van der Waals surface area (Å²) in [6, 6.07) is 9.90. The third kappa shape index (κ3) is 2.95. The molecular formula is C18H18FN3O. The van der Waals surface area contributed by atoms with Gasteiger partial charge in [-0.2, -0.15) is 0 Å². The Morgan fingerprint density at radius 3 is 2.83 bits per heavy atom. The van der Waals surface area contributed by atoms with Gasteiger partial charge in [0.15, 0.2) is 0 Å². The molecule has 23 heavy (non-hydrogen) atoms. The molecule has 0 aliphatic carbocycles. The molecule has 2 aromatic heterocycles. The van der Waals surface area contributed by atoms with Crippen molar-refractivity contribution >= 4 is 16.8 Å². The van der Waals surface area contributed by atoms with Crippen LogP contribution < -0.4 is 5.32 Å². The second kappa shape index (κ2) is 6.20. The van der Waals surface area contributed by atoms with E-state index in [4.69, 9.17) is 0 Å². The summed E-state index contributed by atoms with van der Waals surface area (Å²) in [5, 5.41) is 3.38. The molecule has 0 atom stereocenters. The number of rotatable bonds is 4. The summed E-state index contributed by atoms with van der Waals surface area (Å²) in [6.45, 7) is 2.57. The normalized spacial score (nSPS) is 10.9. The summed E-state index contributed by atoms with van der Waals surface area (Å²) >= 11 is 0. The number of nitrogens with one attached hydrogen (secondary N) is 1. The van der Waals surface area contributed by atoms with E-state index in [1.54, 1.807) is 12.1 Å². The summed E-state index contributed by atoms with van der Waals surface area (Å²) in [5.74, 6) is -0.587. The van der Waals surface area contributed by atoms with Gasteiger partial charge >= 0.3 is 0 Å². The van der Waals surface area contributed by atoms with Crippen LogP contribution in [0.25, 0.3) is 22.3 Å². The standard InChI is InChI=1S/C18H18FN3O/c1-3-8-20-18(23)14-11-16(17-5-4-9-22(17)2)21-15-7-6-12(19)10-13(14)15/h4-7,9-11H,3,8H2,1-2H3,(H,20,23). The van der Waals surface area contributed by atoms with Crippen LogP contribution in [0.4, 0.5) is 4.39 Å². The minimum Gasteiger partial charge on any atom is -0.352 e. The Morgan fingerprint density at radius 1 is 1.30 bits per heavy atom. The van der Waals surface area contributed by atoms with Crippen LogP contribution in [0.5, 0.6) is 0 Å². The van der Waals surface area contributed by atoms with Crippen LogP contribution >= 0.6 is 0 Å². The van der Waals surface area contributed by atoms with Gasteiger partial charge < -0.3 is 9.88 Å². The fraction of sp³-hybridized carbons (Fsp3) is 0.222. The maximum absolute atomic E-state index is 13.6. The molecular weight excluding hydrogens is 293 g/mol. The minimum absolute atomic E-state index is 0.208. The SMILES string of the molecule is CCCNC(=O)c1cc(-c2cccn2C)nc2ccc(F)cc12. The van der Waals surface area contributed by atoms with Gasteiger partial charge in [0.1, 0.15) is 5.82 Å². The fourth-order valence-electron chi connectivity index (χ4n) is 2.58. The molecule has 0 unspecified atom stereocenters. The van der Waals surface area contributed by atoms with Gasteiger partial charge in [0, 0.05) is 25.2 Å². The summed E-state index contributed by atoms with van der Waals surface area (Å²) in [7, 11) is 1.92. The van der Waals surface area contributed by atoms with Crippen LogP contribution in [-0.2, 0) is 7.05 Å². The van der Waals surface area contributed by atoms with Crippen molar-refractivity contribution < 1.29 is 9.18 Å². The van der Waals surface area contributed by atoms with E-state index < -0.39 is 0 Å². The zero-order chi connectivity index (χ0) is 16.4. The van der Waals surface area contributed by atoms with Crippen molar-refractivity contribution in [2.45, 2.75) is 13.3 Å². The third-order valence-electron chi connectivity index (χ3n) is 3.76. The van der Waals surface area contributed by atoms with Crippen LogP contribution in [0.3, 0.4) is 0 Å². The Kier molecular flexibility index (Phi) is 4.10. The average Bonchev–Trinajstić information content (AvgIpc) is 2.97. The Balaban J connectivity index is 2.20. The van der Waals surface area contributed by atoms with Crippen LogP contribution in [0.2, 0.25) is 0 Å². The van der Waals surface area contributed by atoms with Gasteiger partial charge in [-0.05, 0) is 42.8 Å². The van der Waals surface area contributed by atoms with Crippen molar-refractivity contribution in [2.24, 2.45) is 7.05 Å².